The van der Waals surface area contributed by atoms with E-state index in [-0.39, 0.29) is 19.0 Å². The number of amides is 5. The van der Waals surface area contributed by atoms with Gasteiger partial charge in [0.15, 0.2) is 0 Å². The van der Waals surface area contributed by atoms with Crippen molar-refractivity contribution in [3.63, 3.8) is 0 Å². The van der Waals surface area contributed by atoms with Gasteiger partial charge in [-0.3, -0.25) is 14.5 Å². The number of nitrogens with zero attached hydrogens (tertiary/aromatic N) is 4. The monoisotopic (exact) mass is 523 g/mol. The minimum absolute atomic E-state index is 0.197. The summed E-state index contributed by atoms with van der Waals surface area (Å²) in [7, 11) is 0. The first-order valence-electron chi connectivity index (χ1n) is 13.2. The number of benzene rings is 1. The number of hydrogen-bond donors (Lipinski definition) is 1. The Morgan fingerprint density at radius 1 is 1.03 bits per heavy atom. The molecule has 1 aromatic rings. The Kier molecular flexibility index (Phi) is 7.81. The number of carbonyl (C=O) groups excluding carboxylic acids is 4. The molecule has 2 unspecified atom stereocenters. The molecule has 5 rings (SSSR count). The summed E-state index contributed by atoms with van der Waals surface area (Å²) >= 11 is 0. The van der Waals surface area contributed by atoms with Crippen LogP contribution in [0.4, 0.5) is 9.59 Å². The summed E-state index contributed by atoms with van der Waals surface area (Å²) in [6.07, 6.45) is 8.26. The predicted molar refractivity (Wildman–Crippen MR) is 135 cm³/mol. The van der Waals surface area contributed by atoms with Crippen LogP contribution in [0.5, 0.6) is 0 Å². The molecule has 0 spiro atoms. The normalized spacial score (nSPS) is 24.3. The molecule has 5 amide bonds. The fraction of sp³-hybridized carbons (Fsp3) is 0.556. The van der Waals surface area contributed by atoms with Crippen LogP contribution in [0.2, 0.25) is 0 Å². The summed E-state index contributed by atoms with van der Waals surface area (Å²) in [4.78, 5) is 61.9. The molecule has 0 aliphatic carbocycles. The van der Waals surface area contributed by atoms with E-state index in [1.54, 1.807) is 4.90 Å². The maximum atomic E-state index is 13.2. The number of hydroxylamine groups is 2. The minimum Gasteiger partial charge on any atom is -0.378 e. The second-order valence-corrected chi connectivity index (χ2v) is 10.1. The number of aryl methyl sites for hydroxylation is 1. The van der Waals surface area contributed by atoms with E-state index in [2.05, 4.69) is 11.2 Å². The standard InChI is InChI=1S/C27H33N5O6/c1-2-19-3-5-20(6-4-19)7-8-21-9-11-30(12-10-21)27(36)38-32-25(34)23-18-28-17-22(31(23)26(32)35)24(33)29-13-15-37-16-14-29/h1,3-6,21-23,28H,7-18H2. The second kappa shape index (κ2) is 11.4. The lowest BCUT2D eigenvalue weighted by Crippen LogP contribution is -2.63. The molecule has 202 valence electrons. The van der Waals surface area contributed by atoms with Gasteiger partial charge in [0, 0.05) is 44.8 Å². The van der Waals surface area contributed by atoms with Gasteiger partial charge in [-0.05, 0) is 49.3 Å². The van der Waals surface area contributed by atoms with Crippen molar-refractivity contribution in [1.29, 1.82) is 0 Å². The first-order valence-corrected chi connectivity index (χ1v) is 13.2. The van der Waals surface area contributed by atoms with E-state index in [0.29, 0.717) is 50.4 Å². The predicted octanol–water partition coefficient (Wildman–Crippen LogP) is 0.828. The number of imide groups is 1. The van der Waals surface area contributed by atoms with Crippen molar-refractivity contribution in [2.24, 2.45) is 5.92 Å². The number of urea groups is 1. The van der Waals surface area contributed by atoms with Crippen LogP contribution in [0.15, 0.2) is 24.3 Å². The minimum atomic E-state index is -0.889. The van der Waals surface area contributed by atoms with Crippen molar-refractivity contribution in [1.82, 2.24) is 25.1 Å². The quantitative estimate of drug-likeness (QED) is 0.450. The Morgan fingerprint density at radius 2 is 1.74 bits per heavy atom. The van der Waals surface area contributed by atoms with Gasteiger partial charge in [0.2, 0.25) is 5.91 Å². The molecule has 0 saturated carbocycles. The van der Waals surface area contributed by atoms with E-state index >= 15 is 0 Å². The molecule has 4 aliphatic heterocycles. The van der Waals surface area contributed by atoms with Crippen LogP contribution in [-0.4, -0.2) is 108 Å². The number of piperazine rings is 1. The molecule has 11 nitrogen and oxygen atoms in total. The molecular formula is C27H33N5O6. The molecular weight excluding hydrogens is 490 g/mol. The summed E-state index contributed by atoms with van der Waals surface area (Å²) in [5.74, 6) is 2.21. The summed E-state index contributed by atoms with van der Waals surface area (Å²) in [6.45, 7) is 3.14. The Morgan fingerprint density at radius 3 is 2.42 bits per heavy atom. The lowest BCUT2D eigenvalue weighted by Gasteiger charge is -2.38. The molecule has 4 fully saturated rings. The van der Waals surface area contributed by atoms with Crippen LogP contribution in [0.3, 0.4) is 0 Å². The number of rotatable bonds is 5. The number of ether oxygens (including phenoxy) is 1. The third-order valence-corrected chi connectivity index (χ3v) is 7.84. The number of nitrogens with one attached hydrogen (secondary N) is 1. The summed E-state index contributed by atoms with van der Waals surface area (Å²) in [5, 5.41) is 3.60. The van der Waals surface area contributed by atoms with Gasteiger partial charge in [0.1, 0.15) is 12.1 Å². The van der Waals surface area contributed by atoms with Gasteiger partial charge >= 0.3 is 12.1 Å². The van der Waals surface area contributed by atoms with E-state index in [9.17, 15) is 19.2 Å². The highest BCUT2D eigenvalue weighted by molar-refractivity contribution is 6.06. The van der Waals surface area contributed by atoms with Crippen LogP contribution >= 0.6 is 0 Å². The number of terminal acetylenes is 1. The van der Waals surface area contributed by atoms with Crippen LogP contribution in [-0.2, 0) is 25.6 Å². The Bertz CT molecular complexity index is 1100. The van der Waals surface area contributed by atoms with Gasteiger partial charge in [0.05, 0.1) is 13.2 Å². The number of likely N-dealkylation sites (tertiary alicyclic amines) is 1. The average molecular weight is 524 g/mol. The fourth-order valence-corrected chi connectivity index (χ4v) is 5.54. The first-order chi connectivity index (χ1) is 18.5. The second-order valence-electron chi connectivity index (χ2n) is 10.1. The van der Waals surface area contributed by atoms with Crippen LogP contribution in [0, 0.1) is 18.3 Å². The van der Waals surface area contributed by atoms with Crippen molar-refractivity contribution in [2.45, 2.75) is 37.8 Å². The molecule has 1 aromatic carbocycles. The Hall–Kier alpha value is -3.62. The zero-order valence-corrected chi connectivity index (χ0v) is 21.3. The van der Waals surface area contributed by atoms with Crippen molar-refractivity contribution < 1.29 is 28.8 Å². The number of carbonyl (C=O) groups is 4. The molecule has 38 heavy (non-hydrogen) atoms. The van der Waals surface area contributed by atoms with Crippen LogP contribution in [0.25, 0.3) is 0 Å². The van der Waals surface area contributed by atoms with E-state index < -0.39 is 30.1 Å². The molecule has 0 radical (unpaired) electrons. The highest BCUT2D eigenvalue weighted by atomic mass is 16.7. The number of morpholine rings is 1. The molecule has 4 saturated heterocycles. The maximum Gasteiger partial charge on any atom is 0.434 e. The van der Waals surface area contributed by atoms with Gasteiger partial charge in [-0.2, -0.15) is 0 Å². The number of piperidine rings is 1. The Balaban J connectivity index is 1.13. The van der Waals surface area contributed by atoms with Gasteiger partial charge in [-0.1, -0.05) is 23.1 Å². The smallest absolute Gasteiger partial charge is 0.378 e. The average Bonchev–Trinajstić information content (AvgIpc) is 3.21. The molecule has 0 bridgehead atoms. The highest BCUT2D eigenvalue weighted by Gasteiger charge is 2.54. The van der Waals surface area contributed by atoms with Crippen molar-refractivity contribution in [3.8, 4) is 12.3 Å². The molecule has 1 N–H and O–H groups in total. The van der Waals surface area contributed by atoms with Gasteiger partial charge in [-0.15, -0.1) is 6.42 Å². The molecule has 2 atom stereocenters. The third kappa shape index (κ3) is 5.33. The summed E-state index contributed by atoms with van der Waals surface area (Å²) in [5.41, 5.74) is 2.09. The van der Waals surface area contributed by atoms with E-state index in [0.717, 1.165) is 31.2 Å². The summed E-state index contributed by atoms with van der Waals surface area (Å²) in [6, 6.07) is 5.48. The van der Waals surface area contributed by atoms with Crippen molar-refractivity contribution >= 4 is 23.9 Å². The fourth-order valence-electron chi connectivity index (χ4n) is 5.54. The van der Waals surface area contributed by atoms with Crippen LogP contribution < -0.4 is 5.32 Å². The lowest BCUT2D eigenvalue weighted by molar-refractivity contribution is -0.152. The van der Waals surface area contributed by atoms with E-state index in [1.165, 1.54) is 15.4 Å². The van der Waals surface area contributed by atoms with Gasteiger partial charge in [0.25, 0.3) is 5.91 Å². The molecule has 4 aliphatic rings. The van der Waals surface area contributed by atoms with E-state index in [4.69, 9.17) is 16.0 Å². The maximum absolute atomic E-state index is 13.2. The topological polar surface area (TPSA) is 112 Å². The van der Waals surface area contributed by atoms with Crippen LogP contribution in [0.1, 0.15) is 30.4 Å². The SMILES string of the molecule is C#Cc1ccc(CCC2CCN(C(=O)ON3C(=O)C4CNCC(C(=O)N5CCOCC5)N4C3=O)CC2)cc1. The van der Waals surface area contributed by atoms with Gasteiger partial charge < -0.3 is 24.7 Å². The zero-order chi connectivity index (χ0) is 26.6. The van der Waals surface area contributed by atoms with Crippen molar-refractivity contribution in [2.75, 3.05) is 52.5 Å². The summed E-state index contributed by atoms with van der Waals surface area (Å²) < 4.78 is 5.31. The van der Waals surface area contributed by atoms with E-state index in [1.807, 2.05) is 24.3 Å². The Labute approximate surface area is 221 Å². The number of hydrogen-bond acceptors (Lipinski definition) is 7. The molecule has 11 heteroatoms. The van der Waals surface area contributed by atoms with Crippen molar-refractivity contribution in [3.05, 3.63) is 35.4 Å². The lowest BCUT2D eigenvalue weighted by atomic mass is 9.90. The molecule has 4 heterocycles. The number of fused-ring (bicyclic) bond motifs is 1. The largest absolute Gasteiger partial charge is 0.434 e. The molecule has 0 aromatic heterocycles. The van der Waals surface area contributed by atoms with Gasteiger partial charge in [-0.25, -0.2) is 9.59 Å². The third-order valence-electron chi connectivity index (χ3n) is 7.84. The zero-order valence-electron chi connectivity index (χ0n) is 21.3. The first kappa shape index (κ1) is 26.0. The highest BCUT2D eigenvalue weighted by Crippen LogP contribution is 2.27.